The van der Waals surface area contributed by atoms with Crippen LogP contribution in [0.2, 0.25) is 0 Å². The third-order valence-electron chi connectivity index (χ3n) is 29.3. The number of aromatic nitrogens is 8. The molecule has 8 nitrogen and oxygen atoms in total. The molecule has 690 valence electrons. The Morgan fingerprint density at radius 3 is 0.818 bits per heavy atom. The molecule has 0 radical (unpaired) electrons. The highest BCUT2D eigenvalue weighted by Gasteiger charge is 2.27. The summed E-state index contributed by atoms with van der Waals surface area (Å²) in [5, 5.41) is 20.8. The van der Waals surface area contributed by atoms with Crippen LogP contribution in [0.1, 0.15) is 0 Å². The van der Waals surface area contributed by atoms with Gasteiger partial charge in [-0.05, 0) is 155 Å². The summed E-state index contributed by atoms with van der Waals surface area (Å²) in [7, 11) is 0. The number of rotatable bonds is 13. The van der Waals surface area contributed by atoms with Gasteiger partial charge in [0.05, 0.1) is 89.5 Å². The second-order valence-corrected chi connectivity index (χ2v) is 38.9. The fourth-order valence-electron chi connectivity index (χ4n) is 22.6. The number of thiophene rings is 1. The summed E-state index contributed by atoms with van der Waals surface area (Å²) >= 11 is 1.88. The van der Waals surface area contributed by atoms with Gasteiger partial charge in [-0.3, -0.25) is 0 Å². The molecule has 30 rings (SSSR count). The Kier molecular flexibility index (Phi) is 21.3. The molecule has 0 N–H and O–H groups in total. The van der Waals surface area contributed by atoms with E-state index in [0.717, 1.165) is 162 Å². The lowest BCUT2D eigenvalue weighted by Crippen LogP contribution is -1.96. The standard InChI is InChI=1S/2C48H31N3.C43H26N2S/c1-4-15-32(16-5-1)42-30-36(31-43(49-42)33-17-6-2-7-18-33)35-21-14-22-37(29-35)51-44-26-13-11-24-39(44)47-45(51)28-27-40-46(47)38-23-10-12-25-41(38)50-48(40)34-19-8-3-9-20-34;1-4-15-32(16-5-1)36-30-42(33-17-6-2-7-18-33)49-43(31-36)35-21-14-22-37(29-35)51-44-26-13-11-24-39(44)47-45(51)28-27-40-46(47)38-23-10-12-25-41(38)50-48(40)34-19-8-3-9-20-34;1-2-12-27(13-3-1)42-35-24-25-38-41(40(35)33-17-4-7-21-36(33)44-42)34-18-5-8-22-37(34)45(38)29-15-10-14-28(26-29)30-19-11-20-32-31-16-6-9-23-39(31)46-43(30)32/h2*1-31H;1-26H. The minimum absolute atomic E-state index is 0.938. The van der Waals surface area contributed by atoms with Crippen molar-refractivity contribution in [3.8, 4) is 129 Å². The molecule has 0 spiro atoms. The first-order valence-electron chi connectivity index (χ1n) is 50.3. The molecule has 21 aromatic carbocycles. The van der Waals surface area contributed by atoms with Gasteiger partial charge in [0.15, 0.2) is 0 Å². The van der Waals surface area contributed by atoms with Crippen molar-refractivity contribution >= 4 is 162 Å². The van der Waals surface area contributed by atoms with Crippen LogP contribution in [-0.2, 0) is 0 Å². The van der Waals surface area contributed by atoms with Crippen molar-refractivity contribution in [2.45, 2.75) is 0 Å². The summed E-state index contributed by atoms with van der Waals surface area (Å²) in [5.41, 5.74) is 35.0. The Morgan fingerprint density at radius 1 is 0.149 bits per heavy atom. The van der Waals surface area contributed by atoms with Crippen molar-refractivity contribution in [3.63, 3.8) is 0 Å². The summed E-state index contributed by atoms with van der Waals surface area (Å²) in [6.07, 6.45) is 0. The van der Waals surface area contributed by atoms with E-state index < -0.39 is 0 Å². The van der Waals surface area contributed by atoms with Gasteiger partial charge in [0.25, 0.3) is 0 Å². The average molecular weight is 1900 g/mol. The zero-order chi connectivity index (χ0) is 97.6. The number of fused-ring (bicyclic) bond motifs is 24. The summed E-state index contributed by atoms with van der Waals surface area (Å²) in [6.45, 7) is 0. The molecule has 0 saturated heterocycles. The van der Waals surface area contributed by atoms with Crippen LogP contribution in [0.5, 0.6) is 0 Å². The summed E-state index contributed by atoms with van der Waals surface area (Å²) in [5.74, 6) is 0. The lowest BCUT2D eigenvalue weighted by Gasteiger charge is -2.14. The predicted octanol–water partition coefficient (Wildman–Crippen LogP) is 37.3. The van der Waals surface area contributed by atoms with Crippen LogP contribution in [0.15, 0.2) is 534 Å². The first-order valence-corrected chi connectivity index (χ1v) is 51.1. The van der Waals surface area contributed by atoms with Crippen LogP contribution in [0, 0.1) is 0 Å². The highest BCUT2D eigenvalue weighted by Crippen LogP contribution is 2.50. The molecule has 9 aromatic heterocycles. The van der Waals surface area contributed by atoms with Crippen LogP contribution in [0.4, 0.5) is 0 Å². The van der Waals surface area contributed by atoms with Gasteiger partial charge in [0, 0.05) is 157 Å². The average Bonchev–Trinajstić information content (AvgIpc) is 1.52. The molecule has 0 amide bonds. The lowest BCUT2D eigenvalue weighted by atomic mass is 9.96. The van der Waals surface area contributed by atoms with Gasteiger partial charge in [-0.1, -0.05) is 413 Å². The minimum atomic E-state index is 0.938. The minimum Gasteiger partial charge on any atom is -0.309 e. The van der Waals surface area contributed by atoms with Crippen LogP contribution >= 0.6 is 11.3 Å². The smallest absolute Gasteiger partial charge is 0.0788 e. The normalized spacial score (nSPS) is 11.6. The Labute approximate surface area is 857 Å². The molecule has 30 aromatic rings. The van der Waals surface area contributed by atoms with E-state index in [1.165, 1.54) is 118 Å². The van der Waals surface area contributed by atoms with Crippen LogP contribution in [0.3, 0.4) is 0 Å². The second kappa shape index (κ2) is 36.5. The highest BCUT2D eigenvalue weighted by atomic mass is 32.1. The van der Waals surface area contributed by atoms with Crippen molar-refractivity contribution < 1.29 is 0 Å². The Morgan fingerprint density at radius 2 is 0.426 bits per heavy atom. The van der Waals surface area contributed by atoms with Gasteiger partial charge < -0.3 is 13.7 Å². The number of benzene rings is 21. The quantitative estimate of drug-likeness (QED) is 0.107. The molecule has 0 unspecified atom stereocenters. The van der Waals surface area contributed by atoms with E-state index in [1.807, 2.05) is 29.5 Å². The molecular weight excluding hydrogens is 1810 g/mol. The van der Waals surface area contributed by atoms with Gasteiger partial charge >= 0.3 is 0 Å². The molecule has 0 aliphatic carbocycles. The van der Waals surface area contributed by atoms with Crippen molar-refractivity contribution in [1.82, 2.24) is 38.6 Å². The molecular formula is C139H88N8S. The van der Waals surface area contributed by atoms with E-state index in [2.05, 4.69) is 529 Å². The zero-order valence-electron chi connectivity index (χ0n) is 80.3. The van der Waals surface area contributed by atoms with Gasteiger partial charge in [-0.25, -0.2) is 24.9 Å². The maximum Gasteiger partial charge on any atom is 0.0788 e. The number of hydrogen-bond donors (Lipinski definition) is 0. The van der Waals surface area contributed by atoms with Gasteiger partial charge in [0.2, 0.25) is 0 Å². The van der Waals surface area contributed by atoms with Crippen LogP contribution in [-0.4, -0.2) is 38.6 Å². The molecule has 0 saturated carbocycles. The maximum absolute atomic E-state index is 5.24. The summed E-state index contributed by atoms with van der Waals surface area (Å²) in [6, 6.07) is 190. The van der Waals surface area contributed by atoms with E-state index in [9.17, 15) is 0 Å². The number of para-hydroxylation sites is 6. The Bertz CT molecular complexity index is 9970. The monoisotopic (exact) mass is 1900 g/mol. The zero-order valence-corrected chi connectivity index (χ0v) is 81.1. The largest absolute Gasteiger partial charge is 0.309 e. The van der Waals surface area contributed by atoms with Crippen molar-refractivity contribution in [3.05, 3.63) is 534 Å². The van der Waals surface area contributed by atoms with Crippen LogP contribution < -0.4 is 0 Å². The van der Waals surface area contributed by atoms with Crippen molar-refractivity contribution in [1.29, 1.82) is 0 Å². The molecule has 0 aliphatic heterocycles. The Balaban J connectivity index is 0.000000107. The molecule has 0 atom stereocenters. The molecule has 0 aliphatic rings. The molecule has 148 heavy (non-hydrogen) atoms. The summed E-state index contributed by atoms with van der Waals surface area (Å²) in [4.78, 5) is 26.0. The van der Waals surface area contributed by atoms with Gasteiger partial charge in [-0.2, -0.15) is 0 Å². The number of pyridine rings is 5. The topological polar surface area (TPSA) is 79.2 Å². The first kappa shape index (κ1) is 86.4. The fraction of sp³-hybridized carbons (Fsp3) is 0. The van der Waals surface area contributed by atoms with Crippen molar-refractivity contribution in [2.75, 3.05) is 0 Å². The number of nitrogens with zero attached hydrogens (tertiary/aromatic N) is 8. The van der Waals surface area contributed by atoms with E-state index in [0.29, 0.717) is 0 Å². The second-order valence-electron chi connectivity index (χ2n) is 37.9. The van der Waals surface area contributed by atoms with Gasteiger partial charge in [-0.15, -0.1) is 11.3 Å². The predicted molar refractivity (Wildman–Crippen MR) is 624 cm³/mol. The number of hydrogen-bond acceptors (Lipinski definition) is 6. The summed E-state index contributed by atoms with van der Waals surface area (Å²) < 4.78 is 9.93. The molecule has 9 heteroatoms. The third-order valence-corrected chi connectivity index (χ3v) is 30.5. The fourth-order valence-corrected chi connectivity index (χ4v) is 23.9. The molecule has 0 fully saturated rings. The van der Waals surface area contributed by atoms with E-state index in [4.69, 9.17) is 24.9 Å². The van der Waals surface area contributed by atoms with E-state index in [1.54, 1.807) is 0 Å². The Hall–Kier alpha value is -19.5. The molecule has 9 heterocycles. The van der Waals surface area contributed by atoms with E-state index in [-0.39, 0.29) is 0 Å². The van der Waals surface area contributed by atoms with Crippen LogP contribution in [0.25, 0.3) is 280 Å². The highest BCUT2D eigenvalue weighted by molar-refractivity contribution is 7.26. The van der Waals surface area contributed by atoms with Gasteiger partial charge in [0.1, 0.15) is 0 Å². The first-order chi connectivity index (χ1) is 73.4. The van der Waals surface area contributed by atoms with E-state index >= 15 is 0 Å². The SMILES string of the molecule is c1ccc(-c2cc(-c3cccc(-n4c5ccccc5c5c6c(ccc54)c(-c4ccccc4)nc4ccccc46)c3)cc(-c3ccccc3)n2)cc1.c1ccc(-c2cc(-c3ccccc3)nc(-c3cccc(-n4c5ccccc5c5c6c(ccc54)c(-c4ccccc4)nc4ccccc46)c3)c2)cc1.c1ccc(-c2nc3ccccc3c3c2ccc2c3c3ccccc3n2-c2cccc(-c3cccc4c3sc3ccccc34)c2)cc1. The molecule has 0 bridgehead atoms. The third kappa shape index (κ3) is 15.0. The van der Waals surface area contributed by atoms with Crippen molar-refractivity contribution in [2.24, 2.45) is 0 Å². The maximum atomic E-state index is 5.24. The lowest BCUT2D eigenvalue weighted by molar-refractivity contribution is 1.18.